The monoisotopic (exact) mass is 451 g/mol. The highest BCUT2D eigenvalue weighted by atomic mass is 79.9. The van der Waals surface area contributed by atoms with Gasteiger partial charge in [-0.2, -0.15) is 0 Å². The third-order valence-corrected chi connectivity index (χ3v) is 5.22. The first kappa shape index (κ1) is 22.7. The summed E-state index contributed by atoms with van der Waals surface area (Å²) in [4.78, 5) is 14.4. The first-order valence-corrected chi connectivity index (χ1v) is 9.45. The zero-order chi connectivity index (χ0) is 16.1. The van der Waals surface area contributed by atoms with Crippen molar-refractivity contribution in [2.45, 2.75) is 38.3 Å². The molecule has 7 heteroatoms. The smallest absolute Gasteiger partial charge is 0.234 e. The van der Waals surface area contributed by atoms with Crippen molar-refractivity contribution in [1.29, 1.82) is 0 Å². The second-order valence-electron chi connectivity index (χ2n) is 6.82. The van der Waals surface area contributed by atoms with Gasteiger partial charge in [0.1, 0.15) is 0 Å². The maximum absolute atomic E-state index is 11.9. The van der Waals surface area contributed by atoms with Crippen molar-refractivity contribution in [2.75, 3.05) is 26.2 Å². The third kappa shape index (κ3) is 8.27. The molecule has 0 atom stereocenters. The fourth-order valence-corrected chi connectivity index (χ4v) is 3.34. The molecule has 1 aromatic carbocycles. The van der Waals surface area contributed by atoms with E-state index in [9.17, 15) is 4.79 Å². The number of hydrogen-bond donors (Lipinski definition) is 2. The first-order valence-electron chi connectivity index (χ1n) is 8.66. The molecular formula is C18H28BrCl2N3O. The Bertz CT molecular complexity index is 518. The van der Waals surface area contributed by atoms with Crippen molar-refractivity contribution in [3.63, 3.8) is 0 Å². The van der Waals surface area contributed by atoms with Crippen LogP contribution in [0.5, 0.6) is 0 Å². The van der Waals surface area contributed by atoms with Crippen molar-refractivity contribution < 1.29 is 4.79 Å². The van der Waals surface area contributed by atoms with Crippen LogP contribution in [0.25, 0.3) is 0 Å². The van der Waals surface area contributed by atoms with Crippen LogP contribution in [0.2, 0.25) is 0 Å². The van der Waals surface area contributed by atoms with Crippen LogP contribution in [0.15, 0.2) is 28.7 Å². The van der Waals surface area contributed by atoms with Crippen LogP contribution in [-0.4, -0.2) is 43.0 Å². The summed E-state index contributed by atoms with van der Waals surface area (Å²) in [5.74, 6) is 0.974. The van der Waals surface area contributed by atoms with E-state index in [1.54, 1.807) is 0 Å². The Balaban J connectivity index is 0.00000156. The van der Waals surface area contributed by atoms with E-state index in [0.717, 1.165) is 49.4 Å². The Morgan fingerprint density at radius 3 is 2.32 bits per heavy atom. The number of benzene rings is 1. The highest BCUT2D eigenvalue weighted by molar-refractivity contribution is 9.10. The SMILES string of the molecule is Cl.Cl.O=C(CNCC1CC1)NC1CCN(Cc2ccc(Br)cc2)CC1. The Kier molecular flexibility index (Phi) is 10.4. The van der Waals surface area contributed by atoms with Gasteiger partial charge in [-0.3, -0.25) is 9.69 Å². The Morgan fingerprint density at radius 2 is 1.72 bits per heavy atom. The zero-order valence-corrected chi connectivity index (χ0v) is 17.6. The van der Waals surface area contributed by atoms with Crippen LogP contribution < -0.4 is 10.6 Å². The minimum atomic E-state index is 0. The molecule has 1 aliphatic carbocycles. The summed E-state index contributed by atoms with van der Waals surface area (Å²) in [5.41, 5.74) is 1.35. The lowest BCUT2D eigenvalue weighted by molar-refractivity contribution is -0.121. The summed E-state index contributed by atoms with van der Waals surface area (Å²) in [6.45, 7) is 4.57. The van der Waals surface area contributed by atoms with Gasteiger partial charge in [0, 0.05) is 30.1 Å². The highest BCUT2D eigenvalue weighted by Crippen LogP contribution is 2.27. The molecule has 2 aliphatic rings. The van der Waals surface area contributed by atoms with Crippen LogP contribution in [0.4, 0.5) is 0 Å². The van der Waals surface area contributed by atoms with Gasteiger partial charge in [0.25, 0.3) is 0 Å². The van der Waals surface area contributed by atoms with Crippen molar-refractivity contribution in [3.8, 4) is 0 Å². The normalized spacial score (nSPS) is 18.1. The molecule has 0 spiro atoms. The molecule has 1 saturated heterocycles. The molecule has 3 rings (SSSR count). The van der Waals surface area contributed by atoms with Gasteiger partial charge in [-0.1, -0.05) is 28.1 Å². The van der Waals surface area contributed by atoms with Gasteiger partial charge in [-0.05, 0) is 55.8 Å². The van der Waals surface area contributed by atoms with Gasteiger partial charge < -0.3 is 10.6 Å². The zero-order valence-electron chi connectivity index (χ0n) is 14.4. The fraction of sp³-hybridized carbons (Fsp3) is 0.611. The number of amides is 1. The predicted molar refractivity (Wildman–Crippen MR) is 111 cm³/mol. The number of rotatable bonds is 7. The third-order valence-electron chi connectivity index (χ3n) is 4.69. The van der Waals surface area contributed by atoms with Crippen LogP contribution >= 0.6 is 40.7 Å². The number of piperidine rings is 1. The molecular weight excluding hydrogens is 425 g/mol. The van der Waals surface area contributed by atoms with Crippen LogP contribution in [0.3, 0.4) is 0 Å². The average Bonchev–Trinajstić information content (AvgIpc) is 3.36. The topological polar surface area (TPSA) is 44.4 Å². The number of carbonyl (C=O) groups is 1. The molecule has 0 bridgehead atoms. The lowest BCUT2D eigenvalue weighted by atomic mass is 10.0. The van der Waals surface area contributed by atoms with E-state index in [0.29, 0.717) is 12.6 Å². The Labute approximate surface area is 171 Å². The molecule has 1 heterocycles. The minimum absolute atomic E-state index is 0. The lowest BCUT2D eigenvalue weighted by Gasteiger charge is -2.32. The molecule has 142 valence electrons. The van der Waals surface area contributed by atoms with Crippen molar-refractivity contribution in [3.05, 3.63) is 34.3 Å². The summed E-state index contributed by atoms with van der Waals surface area (Å²) in [7, 11) is 0. The quantitative estimate of drug-likeness (QED) is 0.666. The number of nitrogens with one attached hydrogen (secondary N) is 2. The van der Waals surface area contributed by atoms with Gasteiger partial charge in [-0.15, -0.1) is 24.8 Å². The Morgan fingerprint density at radius 1 is 1.08 bits per heavy atom. The van der Waals surface area contributed by atoms with E-state index < -0.39 is 0 Å². The number of nitrogens with zero attached hydrogens (tertiary/aromatic N) is 1. The summed E-state index contributed by atoms with van der Waals surface area (Å²) in [5, 5.41) is 6.43. The molecule has 2 N–H and O–H groups in total. The summed E-state index contributed by atoms with van der Waals surface area (Å²) >= 11 is 3.47. The number of hydrogen-bond acceptors (Lipinski definition) is 3. The Hall–Kier alpha value is -0.330. The molecule has 0 unspecified atom stereocenters. The molecule has 4 nitrogen and oxygen atoms in total. The molecule has 1 aromatic rings. The van der Waals surface area contributed by atoms with Crippen molar-refractivity contribution in [1.82, 2.24) is 15.5 Å². The fourth-order valence-electron chi connectivity index (χ4n) is 3.07. The largest absolute Gasteiger partial charge is 0.352 e. The second-order valence-corrected chi connectivity index (χ2v) is 7.73. The van der Waals surface area contributed by atoms with E-state index in [2.05, 4.69) is 55.7 Å². The highest BCUT2D eigenvalue weighted by Gasteiger charge is 2.22. The predicted octanol–water partition coefficient (Wildman–Crippen LogP) is 3.37. The number of halogens is 3. The van der Waals surface area contributed by atoms with Crippen LogP contribution in [0.1, 0.15) is 31.2 Å². The summed E-state index contributed by atoms with van der Waals surface area (Å²) in [6.07, 6.45) is 4.74. The van der Waals surface area contributed by atoms with Crippen LogP contribution in [0, 0.1) is 5.92 Å². The van der Waals surface area contributed by atoms with Crippen LogP contribution in [-0.2, 0) is 11.3 Å². The molecule has 25 heavy (non-hydrogen) atoms. The van der Waals surface area contributed by atoms with Crippen molar-refractivity contribution in [2.24, 2.45) is 5.92 Å². The first-order chi connectivity index (χ1) is 11.2. The van der Waals surface area contributed by atoms with Gasteiger partial charge in [0.15, 0.2) is 0 Å². The summed E-state index contributed by atoms with van der Waals surface area (Å²) in [6, 6.07) is 8.87. The van der Waals surface area contributed by atoms with E-state index in [1.165, 1.54) is 18.4 Å². The van der Waals surface area contributed by atoms with Gasteiger partial charge in [0.2, 0.25) is 5.91 Å². The van der Waals surface area contributed by atoms with Gasteiger partial charge >= 0.3 is 0 Å². The molecule has 2 fully saturated rings. The van der Waals surface area contributed by atoms with Crippen molar-refractivity contribution >= 4 is 46.7 Å². The standard InChI is InChI=1S/C18H26BrN3O.2ClH/c19-16-5-3-15(4-6-16)13-22-9-7-17(8-10-22)21-18(23)12-20-11-14-1-2-14;;/h3-6,14,17,20H,1-2,7-13H2,(H,21,23);2*1H. The second kappa shape index (κ2) is 11.4. The van der Waals surface area contributed by atoms with Gasteiger partial charge in [0.05, 0.1) is 6.54 Å². The maximum atomic E-state index is 11.9. The van der Waals surface area contributed by atoms with Gasteiger partial charge in [-0.25, -0.2) is 0 Å². The number of likely N-dealkylation sites (tertiary alicyclic amines) is 1. The van der Waals surface area contributed by atoms with E-state index in [4.69, 9.17) is 0 Å². The van der Waals surface area contributed by atoms with E-state index in [1.807, 2.05) is 0 Å². The molecule has 1 saturated carbocycles. The molecule has 1 amide bonds. The molecule has 0 radical (unpaired) electrons. The lowest BCUT2D eigenvalue weighted by Crippen LogP contribution is -2.46. The average molecular weight is 453 g/mol. The summed E-state index contributed by atoms with van der Waals surface area (Å²) < 4.78 is 1.12. The maximum Gasteiger partial charge on any atom is 0.234 e. The molecule has 0 aromatic heterocycles. The number of carbonyl (C=O) groups excluding carboxylic acids is 1. The van der Waals surface area contributed by atoms with E-state index in [-0.39, 0.29) is 30.7 Å². The van der Waals surface area contributed by atoms with E-state index >= 15 is 0 Å². The minimum Gasteiger partial charge on any atom is -0.352 e. The molecule has 1 aliphatic heterocycles.